The Morgan fingerprint density at radius 1 is 1.03 bits per heavy atom. The maximum absolute atomic E-state index is 12.3. The molecule has 0 unspecified atom stereocenters. The summed E-state index contributed by atoms with van der Waals surface area (Å²) in [6.45, 7) is 0. The predicted molar refractivity (Wildman–Crippen MR) is 105 cm³/mol. The minimum atomic E-state index is -0.981. The van der Waals surface area contributed by atoms with Crippen LogP contribution in [0, 0.1) is 10.1 Å². The van der Waals surface area contributed by atoms with Crippen molar-refractivity contribution in [2.75, 3.05) is 28.4 Å². The first kappa shape index (κ1) is 20.9. The van der Waals surface area contributed by atoms with Crippen molar-refractivity contribution in [1.82, 2.24) is 0 Å². The van der Waals surface area contributed by atoms with Crippen molar-refractivity contribution in [2.24, 2.45) is 4.99 Å². The van der Waals surface area contributed by atoms with E-state index in [1.807, 2.05) is 0 Å². The molecular weight excluding hydrogens is 396 g/mol. The van der Waals surface area contributed by atoms with Gasteiger partial charge in [0.05, 0.1) is 33.4 Å². The van der Waals surface area contributed by atoms with E-state index < -0.39 is 23.0 Å². The summed E-state index contributed by atoms with van der Waals surface area (Å²) in [7, 11) is 5.70. The number of carbonyl (C=O) groups excluding carboxylic acids is 1. The van der Waals surface area contributed by atoms with Crippen LogP contribution in [-0.2, 0) is 14.3 Å². The molecule has 30 heavy (non-hydrogen) atoms. The van der Waals surface area contributed by atoms with E-state index in [1.165, 1.54) is 52.7 Å². The summed E-state index contributed by atoms with van der Waals surface area (Å²) in [6.07, 6.45) is -0.813. The molecular formula is C20H20N2O8. The number of hydrogen-bond donors (Lipinski definition) is 0. The van der Waals surface area contributed by atoms with Gasteiger partial charge in [0.25, 0.3) is 5.69 Å². The highest BCUT2D eigenvalue weighted by Crippen LogP contribution is 2.40. The predicted octanol–water partition coefficient (Wildman–Crippen LogP) is 2.68. The molecule has 0 amide bonds. The fraction of sp³-hybridized carbons (Fsp3) is 0.300. The third kappa shape index (κ3) is 3.84. The van der Waals surface area contributed by atoms with Crippen LogP contribution in [0.2, 0.25) is 0 Å². The van der Waals surface area contributed by atoms with Crippen LogP contribution < -0.4 is 14.2 Å². The van der Waals surface area contributed by atoms with E-state index in [-0.39, 0.29) is 11.6 Å². The second-order valence-corrected chi connectivity index (χ2v) is 6.20. The normalized spacial score (nSPS) is 17.5. The molecule has 1 aliphatic heterocycles. The minimum Gasteiger partial charge on any atom is -0.493 e. The van der Waals surface area contributed by atoms with Gasteiger partial charge in [0.1, 0.15) is 0 Å². The number of rotatable bonds is 7. The van der Waals surface area contributed by atoms with Gasteiger partial charge in [-0.1, -0.05) is 0 Å². The number of nitro groups is 1. The molecule has 1 heterocycles. The van der Waals surface area contributed by atoms with Crippen LogP contribution in [0.25, 0.3) is 0 Å². The molecule has 2 atom stereocenters. The fourth-order valence-electron chi connectivity index (χ4n) is 3.09. The van der Waals surface area contributed by atoms with E-state index in [2.05, 4.69) is 4.99 Å². The van der Waals surface area contributed by atoms with Gasteiger partial charge in [-0.15, -0.1) is 0 Å². The van der Waals surface area contributed by atoms with Gasteiger partial charge in [-0.3, -0.25) is 10.1 Å². The Morgan fingerprint density at radius 3 is 2.10 bits per heavy atom. The average molecular weight is 416 g/mol. The SMILES string of the molecule is COC(=O)[C@H]1N=C(c2cc(OC)c(OC)c(OC)c2)O[C@H]1c1ccc([N+](=O)[O-])cc1. The number of benzene rings is 2. The number of non-ortho nitro benzene ring substituents is 1. The molecule has 0 saturated carbocycles. The summed E-state index contributed by atoms with van der Waals surface area (Å²) in [5.41, 5.74) is 0.974. The Hall–Kier alpha value is -3.82. The van der Waals surface area contributed by atoms with E-state index in [0.717, 1.165) is 0 Å². The number of ether oxygens (including phenoxy) is 5. The van der Waals surface area contributed by atoms with Gasteiger partial charge in [0.2, 0.25) is 11.6 Å². The van der Waals surface area contributed by atoms with Gasteiger partial charge in [-0.05, 0) is 29.8 Å². The van der Waals surface area contributed by atoms with Crippen molar-refractivity contribution in [1.29, 1.82) is 0 Å². The maximum atomic E-state index is 12.3. The monoisotopic (exact) mass is 416 g/mol. The number of hydrogen-bond acceptors (Lipinski definition) is 9. The summed E-state index contributed by atoms with van der Waals surface area (Å²) >= 11 is 0. The third-order valence-corrected chi connectivity index (χ3v) is 4.57. The van der Waals surface area contributed by atoms with Crippen LogP contribution in [0.3, 0.4) is 0 Å². The van der Waals surface area contributed by atoms with Crippen LogP contribution in [0.1, 0.15) is 17.2 Å². The highest BCUT2D eigenvalue weighted by molar-refractivity contribution is 5.99. The van der Waals surface area contributed by atoms with Gasteiger partial charge in [-0.2, -0.15) is 0 Å². The van der Waals surface area contributed by atoms with Crippen molar-refractivity contribution in [2.45, 2.75) is 12.1 Å². The third-order valence-electron chi connectivity index (χ3n) is 4.57. The molecule has 0 aliphatic carbocycles. The lowest BCUT2D eigenvalue weighted by atomic mass is 10.0. The first-order valence-electron chi connectivity index (χ1n) is 8.80. The Balaban J connectivity index is 2.01. The average Bonchev–Trinajstić information content (AvgIpc) is 3.23. The topological polar surface area (TPSA) is 119 Å². The van der Waals surface area contributed by atoms with Crippen molar-refractivity contribution >= 4 is 17.6 Å². The second kappa shape index (κ2) is 8.68. The van der Waals surface area contributed by atoms with Gasteiger partial charge in [0.15, 0.2) is 23.6 Å². The number of nitro benzene ring substituents is 1. The Kier molecular flexibility index (Phi) is 6.05. The van der Waals surface area contributed by atoms with Crippen molar-refractivity contribution in [3.63, 3.8) is 0 Å². The molecule has 0 radical (unpaired) electrons. The van der Waals surface area contributed by atoms with E-state index in [4.69, 9.17) is 23.7 Å². The molecule has 0 spiro atoms. The highest BCUT2D eigenvalue weighted by Gasteiger charge is 2.39. The maximum Gasteiger partial charge on any atom is 0.335 e. The highest BCUT2D eigenvalue weighted by atomic mass is 16.6. The fourth-order valence-corrected chi connectivity index (χ4v) is 3.09. The number of aliphatic imine (C=N–C) groups is 1. The standard InChI is InChI=1S/C20H20N2O8/c1-26-14-9-12(10-15(27-2)18(14)28-3)19-21-16(20(23)29-4)17(30-19)11-5-7-13(8-6-11)22(24)25/h5-10,16-17H,1-4H3/t16-,17-/m0/s1. The molecule has 0 fully saturated rings. The molecule has 0 bridgehead atoms. The number of esters is 1. The van der Waals surface area contributed by atoms with Crippen LogP contribution in [0.4, 0.5) is 5.69 Å². The lowest BCUT2D eigenvalue weighted by molar-refractivity contribution is -0.384. The minimum absolute atomic E-state index is 0.0721. The van der Waals surface area contributed by atoms with E-state index >= 15 is 0 Å². The first-order chi connectivity index (χ1) is 14.4. The quantitative estimate of drug-likeness (QED) is 0.384. The van der Waals surface area contributed by atoms with Crippen molar-refractivity contribution < 1.29 is 33.4 Å². The van der Waals surface area contributed by atoms with Crippen molar-refractivity contribution in [3.05, 3.63) is 57.6 Å². The van der Waals surface area contributed by atoms with Gasteiger partial charge in [0, 0.05) is 17.7 Å². The van der Waals surface area contributed by atoms with Crippen molar-refractivity contribution in [3.8, 4) is 17.2 Å². The van der Waals surface area contributed by atoms with Crippen LogP contribution in [-0.4, -0.2) is 51.3 Å². The van der Waals surface area contributed by atoms with Gasteiger partial charge < -0.3 is 23.7 Å². The summed E-state index contributed by atoms with van der Waals surface area (Å²) < 4.78 is 26.8. The zero-order valence-corrected chi connectivity index (χ0v) is 16.8. The molecule has 0 saturated heterocycles. The smallest absolute Gasteiger partial charge is 0.335 e. The molecule has 10 heteroatoms. The Labute approximate surface area is 172 Å². The van der Waals surface area contributed by atoms with E-state index in [9.17, 15) is 14.9 Å². The molecule has 1 aliphatic rings. The van der Waals surface area contributed by atoms with Gasteiger partial charge >= 0.3 is 5.97 Å². The summed E-state index contributed by atoms with van der Waals surface area (Å²) in [6, 6.07) is 8.03. The lowest BCUT2D eigenvalue weighted by Crippen LogP contribution is -2.25. The Bertz CT molecular complexity index is 962. The molecule has 0 aromatic heterocycles. The Morgan fingerprint density at radius 2 is 1.63 bits per heavy atom. The first-order valence-corrected chi connectivity index (χ1v) is 8.80. The van der Waals surface area contributed by atoms with Gasteiger partial charge in [-0.25, -0.2) is 9.79 Å². The number of carbonyl (C=O) groups is 1. The summed E-state index contributed by atoms with van der Waals surface area (Å²) in [5.74, 6) is 0.769. The zero-order chi connectivity index (χ0) is 21.8. The molecule has 2 aromatic carbocycles. The zero-order valence-electron chi connectivity index (χ0n) is 16.8. The largest absolute Gasteiger partial charge is 0.493 e. The molecule has 158 valence electrons. The summed E-state index contributed by atoms with van der Waals surface area (Å²) in [4.78, 5) is 27.1. The summed E-state index contributed by atoms with van der Waals surface area (Å²) in [5, 5.41) is 10.9. The second-order valence-electron chi connectivity index (χ2n) is 6.20. The lowest BCUT2D eigenvalue weighted by Gasteiger charge is -2.17. The van der Waals surface area contributed by atoms with Crippen LogP contribution in [0.5, 0.6) is 17.2 Å². The molecule has 3 rings (SSSR count). The number of methoxy groups -OCH3 is 4. The van der Waals surface area contributed by atoms with E-state index in [1.54, 1.807) is 12.1 Å². The number of nitrogens with zero attached hydrogens (tertiary/aromatic N) is 2. The molecule has 0 N–H and O–H groups in total. The van der Waals surface area contributed by atoms with Crippen LogP contribution >= 0.6 is 0 Å². The van der Waals surface area contributed by atoms with E-state index in [0.29, 0.717) is 28.4 Å². The molecule has 10 nitrogen and oxygen atoms in total. The van der Waals surface area contributed by atoms with Crippen LogP contribution in [0.15, 0.2) is 41.4 Å². The molecule has 2 aromatic rings.